The van der Waals surface area contributed by atoms with Crippen molar-refractivity contribution < 1.29 is 15.8 Å². The first kappa shape index (κ1) is 22.9. The molecule has 0 fully saturated rings. The summed E-state index contributed by atoms with van der Waals surface area (Å²) < 4.78 is 5.80. The highest BCUT2D eigenvalue weighted by atomic mass is 16.5. The quantitative estimate of drug-likeness (QED) is 0.418. The van der Waals surface area contributed by atoms with E-state index in [-0.39, 0.29) is 19.4 Å². The van der Waals surface area contributed by atoms with Gasteiger partial charge in [-0.15, -0.1) is 0 Å². The lowest BCUT2D eigenvalue weighted by Gasteiger charge is -2.12. The molecule has 7 nitrogen and oxygen atoms in total. The fraction of sp³-hybridized carbons (Fsp3) is 0.185. The average molecular weight is 458 g/mol. The van der Waals surface area contributed by atoms with Crippen LogP contribution in [-0.2, 0) is 16.1 Å². The molecule has 34 heavy (non-hydrogen) atoms. The van der Waals surface area contributed by atoms with Crippen LogP contribution in [0.15, 0.2) is 78.0 Å². The highest BCUT2D eigenvalue weighted by molar-refractivity contribution is 6.05. The first-order valence-electron chi connectivity index (χ1n) is 10.9. The molecular weight excluding hydrogens is 430 g/mol. The maximum Gasteiger partial charge on any atom is 0.325 e. The predicted molar refractivity (Wildman–Crippen MR) is 134 cm³/mol. The molecule has 0 bridgehead atoms. The van der Waals surface area contributed by atoms with E-state index in [0.717, 1.165) is 21.9 Å². The minimum atomic E-state index is -0.553. The fourth-order valence-electron chi connectivity index (χ4n) is 3.75. The van der Waals surface area contributed by atoms with Gasteiger partial charge in [-0.05, 0) is 46.7 Å². The molecule has 0 aliphatic rings. The molecule has 174 valence electrons. The van der Waals surface area contributed by atoms with Gasteiger partial charge in [-0.1, -0.05) is 38.1 Å². The molecule has 1 amide bonds. The lowest BCUT2D eigenvalue weighted by atomic mass is 9.95. The Morgan fingerprint density at radius 1 is 1.09 bits per heavy atom. The van der Waals surface area contributed by atoms with Crippen molar-refractivity contribution in [1.82, 2.24) is 9.55 Å². The number of methoxy groups -OCH3 is 1. The van der Waals surface area contributed by atoms with E-state index in [0.29, 0.717) is 17.2 Å². The van der Waals surface area contributed by atoms with Gasteiger partial charge in [-0.2, -0.15) is 0 Å². The number of amides is 1. The number of aromatic nitrogens is 2. The number of anilines is 1. The van der Waals surface area contributed by atoms with E-state index < -0.39 is 5.97 Å². The monoisotopic (exact) mass is 457 g/mol. The van der Waals surface area contributed by atoms with Crippen LogP contribution in [0.5, 0.6) is 0 Å². The third-order valence-electron chi connectivity index (χ3n) is 5.65. The number of hydrogen-bond acceptors (Lipinski definition) is 5. The number of nitrogens with one attached hydrogen (secondary N) is 1. The standard InChI is InChI=1S/C27H25N3O4.H2/c1-17(2)18-7-9-23-21(11-18)13-28-14-24(23)19-5-4-6-20(12-19)27(33)29-22-8-10-25(31)30(15-22)16-26(32)34-3;/h4-15,17H,16H2,1-3H3,(H,29,33);1H. The molecule has 0 unspecified atom stereocenters. The van der Waals surface area contributed by atoms with Gasteiger partial charge in [-0.3, -0.25) is 19.4 Å². The van der Waals surface area contributed by atoms with Crippen molar-refractivity contribution in [2.45, 2.75) is 26.3 Å². The predicted octanol–water partition coefficient (Wildman–Crippen LogP) is 4.86. The second kappa shape index (κ2) is 9.70. The summed E-state index contributed by atoms with van der Waals surface area (Å²) in [6.45, 7) is 4.07. The Morgan fingerprint density at radius 3 is 2.68 bits per heavy atom. The van der Waals surface area contributed by atoms with Gasteiger partial charge in [-0.25, -0.2) is 0 Å². The van der Waals surface area contributed by atoms with Crippen molar-refractivity contribution in [2.75, 3.05) is 12.4 Å². The van der Waals surface area contributed by atoms with Gasteiger partial charge >= 0.3 is 5.97 Å². The molecule has 7 heteroatoms. The summed E-state index contributed by atoms with van der Waals surface area (Å²) in [5.74, 6) is -0.468. The van der Waals surface area contributed by atoms with Gasteiger partial charge in [0.05, 0.1) is 12.8 Å². The Kier molecular flexibility index (Phi) is 6.54. The molecule has 0 saturated carbocycles. The molecule has 0 radical (unpaired) electrons. The minimum absolute atomic E-state index is 0. The highest BCUT2D eigenvalue weighted by Crippen LogP contribution is 2.30. The van der Waals surface area contributed by atoms with Crippen molar-refractivity contribution >= 4 is 28.3 Å². The number of carbonyl (C=O) groups is 2. The molecular formula is C27H27N3O4. The van der Waals surface area contributed by atoms with Crippen LogP contribution in [0, 0.1) is 0 Å². The summed E-state index contributed by atoms with van der Waals surface area (Å²) in [7, 11) is 1.25. The number of hydrogen-bond donors (Lipinski definition) is 1. The second-order valence-corrected chi connectivity index (χ2v) is 8.32. The summed E-state index contributed by atoms with van der Waals surface area (Å²) in [6.07, 6.45) is 5.07. The van der Waals surface area contributed by atoms with Crippen molar-refractivity contribution in [2.24, 2.45) is 0 Å². The molecule has 0 atom stereocenters. The lowest BCUT2D eigenvalue weighted by Crippen LogP contribution is -2.24. The first-order valence-corrected chi connectivity index (χ1v) is 10.9. The third-order valence-corrected chi connectivity index (χ3v) is 5.65. The molecule has 0 aliphatic carbocycles. The minimum Gasteiger partial charge on any atom is -0.468 e. The Bertz CT molecular complexity index is 1450. The number of pyridine rings is 2. The maximum atomic E-state index is 12.9. The molecule has 2 aromatic carbocycles. The number of carbonyl (C=O) groups excluding carboxylic acids is 2. The first-order chi connectivity index (χ1) is 16.4. The summed E-state index contributed by atoms with van der Waals surface area (Å²) in [4.78, 5) is 40.9. The van der Waals surface area contributed by atoms with Crippen LogP contribution in [0.4, 0.5) is 5.69 Å². The van der Waals surface area contributed by atoms with Crippen molar-refractivity contribution in [3.63, 3.8) is 0 Å². The molecule has 2 aromatic heterocycles. The molecule has 4 aromatic rings. The highest BCUT2D eigenvalue weighted by Gasteiger charge is 2.12. The van der Waals surface area contributed by atoms with Gasteiger partial charge in [0.25, 0.3) is 11.5 Å². The smallest absolute Gasteiger partial charge is 0.325 e. The topological polar surface area (TPSA) is 90.3 Å². The van der Waals surface area contributed by atoms with Gasteiger partial charge in [0.1, 0.15) is 6.54 Å². The SMILES string of the molecule is COC(=O)Cn1cc(NC(=O)c2cccc(-c3cncc4cc(C(C)C)ccc34)c2)ccc1=O.[HH]. The number of nitrogens with zero attached hydrogens (tertiary/aromatic N) is 2. The van der Waals surface area contributed by atoms with Crippen LogP contribution in [0.2, 0.25) is 0 Å². The Morgan fingerprint density at radius 2 is 1.91 bits per heavy atom. The van der Waals surface area contributed by atoms with E-state index in [9.17, 15) is 14.4 Å². The zero-order valence-electron chi connectivity index (χ0n) is 19.2. The van der Waals surface area contributed by atoms with E-state index >= 15 is 0 Å². The summed E-state index contributed by atoms with van der Waals surface area (Å²) in [5.41, 5.74) is 3.54. The van der Waals surface area contributed by atoms with Crippen molar-refractivity contribution in [3.05, 3.63) is 94.7 Å². The molecule has 0 spiro atoms. The van der Waals surface area contributed by atoms with Crippen LogP contribution in [0.1, 0.15) is 37.1 Å². The van der Waals surface area contributed by atoms with Crippen LogP contribution in [0.3, 0.4) is 0 Å². The van der Waals surface area contributed by atoms with E-state index in [4.69, 9.17) is 0 Å². The number of benzene rings is 2. The largest absolute Gasteiger partial charge is 0.468 e. The zero-order chi connectivity index (χ0) is 24.2. The van der Waals surface area contributed by atoms with Gasteiger partial charge in [0, 0.05) is 42.6 Å². The molecule has 2 heterocycles. The van der Waals surface area contributed by atoms with E-state index in [2.05, 4.69) is 47.1 Å². The third kappa shape index (κ3) is 4.88. The number of fused-ring (bicyclic) bond motifs is 1. The molecule has 4 rings (SSSR count). The Labute approximate surface area is 198 Å². The van der Waals surface area contributed by atoms with Gasteiger partial charge in [0.15, 0.2) is 0 Å². The van der Waals surface area contributed by atoms with Crippen molar-refractivity contribution in [1.29, 1.82) is 0 Å². The number of rotatable bonds is 6. The lowest BCUT2D eigenvalue weighted by molar-refractivity contribution is -0.141. The molecule has 0 aliphatic heterocycles. The van der Waals surface area contributed by atoms with Gasteiger partial charge in [0.2, 0.25) is 0 Å². The summed E-state index contributed by atoms with van der Waals surface area (Å²) in [5, 5.41) is 4.90. The second-order valence-electron chi connectivity index (χ2n) is 8.32. The zero-order valence-corrected chi connectivity index (χ0v) is 19.2. The average Bonchev–Trinajstić information content (AvgIpc) is 2.85. The Hall–Kier alpha value is -4.26. The number of esters is 1. The van der Waals surface area contributed by atoms with E-state index in [1.54, 1.807) is 12.3 Å². The normalized spacial score (nSPS) is 10.9. The fourth-order valence-corrected chi connectivity index (χ4v) is 3.75. The molecule has 1 N–H and O–H groups in total. The molecule has 0 saturated heterocycles. The van der Waals surface area contributed by atoms with Gasteiger partial charge < -0.3 is 14.6 Å². The number of ether oxygens (including phenoxy) is 1. The van der Waals surface area contributed by atoms with Crippen LogP contribution in [0.25, 0.3) is 21.9 Å². The summed E-state index contributed by atoms with van der Waals surface area (Å²) >= 11 is 0. The maximum absolute atomic E-state index is 12.9. The Balaban J connectivity index is 0.00000342. The van der Waals surface area contributed by atoms with Crippen LogP contribution >= 0.6 is 0 Å². The van der Waals surface area contributed by atoms with Crippen molar-refractivity contribution in [3.8, 4) is 11.1 Å². The van der Waals surface area contributed by atoms with Crippen LogP contribution < -0.4 is 10.9 Å². The van der Waals surface area contributed by atoms with Crippen LogP contribution in [-0.4, -0.2) is 28.5 Å². The van der Waals surface area contributed by atoms with E-state index in [1.807, 2.05) is 24.4 Å². The summed E-state index contributed by atoms with van der Waals surface area (Å²) in [6, 6.07) is 16.5. The van der Waals surface area contributed by atoms with E-state index in [1.165, 1.54) is 35.6 Å².